The maximum Gasteiger partial charge on any atom is 0.277 e. The van der Waals surface area contributed by atoms with Gasteiger partial charge in [-0.1, -0.05) is 35.3 Å². The van der Waals surface area contributed by atoms with Gasteiger partial charge in [-0.05, 0) is 43.4 Å². The second-order valence-electron chi connectivity index (χ2n) is 5.03. The predicted octanol–water partition coefficient (Wildman–Crippen LogP) is 3.51. The first kappa shape index (κ1) is 15.0. The lowest BCUT2D eigenvalue weighted by Crippen LogP contribution is -2.28. The molecule has 0 radical (unpaired) electrons. The number of nitrogens with zero attached hydrogens (tertiary/aromatic N) is 1. The lowest BCUT2D eigenvalue weighted by Gasteiger charge is -2.19. The Balaban J connectivity index is 1.79. The van der Waals surface area contributed by atoms with Crippen LogP contribution in [-0.4, -0.2) is 18.2 Å². The molecule has 0 aromatic heterocycles. The van der Waals surface area contributed by atoms with Crippen LogP contribution in [0.4, 0.5) is 0 Å². The summed E-state index contributed by atoms with van der Waals surface area (Å²) in [6.07, 6.45) is 4.55. The van der Waals surface area contributed by atoms with Crippen molar-refractivity contribution in [2.24, 2.45) is 11.0 Å². The van der Waals surface area contributed by atoms with Gasteiger partial charge in [-0.15, -0.1) is 0 Å². The normalized spacial score (nSPS) is 20.7. The SMILES string of the molecule is C[C@@H]1CCCC/C1=N/NC(=O)COc1cccc(Br)c1. The Bertz CT molecular complexity index is 502. The Labute approximate surface area is 127 Å². The monoisotopic (exact) mass is 338 g/mol. The van der Waals surface area contributed by atoms with E-state index in [1.165, 1.54) is 6.42 Å². The van der Waals surface area contributed by atoms with Crippen LogP contribution in [0.3, 0.4) is 0 Å². The fraction of sp³-hybridized carbons (Fsp3) is 0.467. The molecular weight excluding hydrogens is 320 g/mol. The van der Waals surface area contributed by atoms with Crippen molar-refractivity contribution in [3.05, 3.63) is 28.7 Å². The van der Waals surface area contributed by atoms with E-state index >= 15 is 0 Å². The molecule has 1 aliphatic rings. The number of hydrogen-bond donors (Lipinski definition) is 1. The summed E-state index contributed by atoms with van der Waals surface area (Å²) in [7, 11) is 0. The minimum Gasteiger partial charge on any atom is -0.484 e. The van der Waals surface area contributed by atoms with Crippen LogP contribution in [0.25, 0.3) is 0 Å². The van der Waals surface area contributed by atoms with Crippen molar-refractivity contribution in [1.82, 2.24) is 5.43 Å². The zero-order valence-electron chi connectivity index (χ0n) is 11.6. The molecule has 1 saturated carbocycles. The summed E-state index contributed by atoms with van der Waals surface area (Å²) in [4.78, 5) is 11.7. The molecular formula is C15H19BrN2O2. The van der Waals surface area contributed by atoms with E-state index in [9.17, 15) is 4.79 Å². The van der Waals surface area contributed by atoms with Crippen molar-refractivity contribution in [3.8, 4) is 5.75 Å². The van der Waals surface area contributed by atoms with Gasteiger partial charge in [-0.2, -0.15) is 5.10 Å². The summed E-state index contributed by atoms with van der Waals surface area (Å²) in [5.74, 6) is 0.901. The third kappa shape index (κ3) is 4.63. The highest BCUT2D eigenvalue weighted by Gasteiger charge is 2.16. The summed E-state index contributed by atoms with van der Waals surface area (Å²) in [5, 5.41) is 4.22. The van der Waals surface area contributed by atoms with E-state index < -0.39 is 0 Å². The molecule has 0 aliphatic heterocycles. The molecule has 0 saturated heterocycles. The molecule has 1 atom stereocenters. The van der Waals surface area contributed by atoms with Crippen molar-refractivity contribution in [3.63, 3.8) is 0 Å². The smallest absolute Gasteiger partial charge is 0.277 e. The van der Waals surface area contributed by atoms with Crippen molar-refractivity contribution >= 4 is 27.5 Å². The first-order chi connectivity index (χ1) is 9.65. The molecule has 5 heteroatoms. The summed E-state index contributed by atoms with van der Waals surface area (Å²) in [6, 6.07) is 7.40. The van der Waals surface area contributed by atoms with Crippen LogP contribution < -0.4 is 10.2 Å². The molecule has 4 nitrogen and oxygen atoms in total. The van der Waals surface area contributed by atoms with Crippen molar-refractivity contribution in [2.45, 2.75) is 32.6 Å². The van der Waals surface area contributed by atoms with Gasteiger partial charge in [0.1, 0.15) is 5.75 Å². The average Bonchev–Trinajstić information content (AvgIpc) is 2.44. The number of halogens is 1. The van der Waals surface area contributed by atoms with E-state index in [2.05, 4.69) is 33.4 Å². The number of nitrogens with one attached hydrogen (secondary N) is 1. The number of carbonyl (C=O) groups excluding carboxylic acids is 1. The molecule has 1 aromatic rings. The van der Waals surface area contributed by atoms with E-state index in [4.69, 9.17) is 4.74 Å². The average molecular weight is 339 g/mol. The predicted molar refractivity (Wildman–Crippen MR) is 82.8 cm³/mol. The summed E-state index contributed by atoms with van der Waals surface area (Å²) in [5.41, 5.74) is 3.67. The number of carbonyl (C=O) groups is 1. The van der Waals surface area contributed by atoms with Crippen LogP contribution in [0.15, 0.2) is 33.8 Å². The number of hydrogen-bond acceptors (Lipinski definition) is 3. The van der Waals surface area contributed by atoms with Crippen molar-refractivity contribution in [1.29, 1.82) is 0 Å². The number of ether oxygens (including phenoxy) is 1. The topological polar surface area (TPSA) is 50.7 Å². The Morgan fingerprint density at radius 1 is 1.50 bits per heavy atom. The Morgan fingerprint density at radius 2 is 2.35 bits per heavy atom. The van der Waals surface area contributed by atoms with Crippen molar-refractivity contribution in [2.75, 3.05) is 6.61 Å². The van der Waals surface area contributed by atoms with Gasteiger partial charge in [0.15, 0.2) is 6.61 Å². The molecule has 1 fully saturated rings. The second-order valence-corrected chi connectivity index (χ2v) is 5.95. The lowest BCUT2D eigenvalue weighted by molar-refractivity contribution is -0.123. The fourth-order valence-electron chi connectivity index (χ4n) is 2.21. The molecule has 1 aromatic carbocycles. The summed E-state index contributed by atoms with van der Waals surface area (Å²) in [6.45, 7) is 2.13. The molecule has 108 valence electrons. The van der Waals surface area contributed by atoms with E-state index in [0.717, 1.165) is 29.4 Å². The van der Waals surface area contributed by atoms with Crippen LogP contribution in [-0.2, 0) is 4.79 Å². The lowest BCUT2D eigenvalue weighted by atomic mass is 9.89. The second kappa shape index (κ2) is 7.43. The molecule has 0 heterocycles. The summed E-state index contributed by atoms with van der Waals surface area (Å²) >= 11 is 3.36. The number of rotatable bonds is 4. The maximum absolute atomic E-state index is 11.7. The molecule has 1 amide bonds. The Morgan fingerprint density at radius 3 is 3.10 bits per heavy atom. The Kier molecular flexibility index (Phi) is 5.59. The molecule has 2 rings (SSSR count). The highest BCUT2D eigenvalue weighted by atomic mass is 79.9. The fourth-order valence-corrected chi connectivity index (χ4v) is 2.59. The van der Waals surface area contributed by atoms with Crippen LogP contribution >= 0.6 is 15.9 Å². The number of amides is 1. The molecule has 1 N–H and O–H groups in total. The van der Waals surface area contributed by atoms with Crippen molar-refractivity contribution < 1.29 is 9.53 Å². The van der Waals surface area contributed by atoms with Gasteiger partial charge in [-0.25, -0.2) is 5.43 Å². The minimum atomic E-state index is -0.227. The Hall–Kier alpha value is -1.36. The van der Waals surface area contributed by atoms with Gasteiger partial charge in [0.25, 0.3) is 5.91 Å². The zero-order valence-corrected chi connectivity index (χ0v) is 13.1. The van der Waals surface area contributed by atoms with E-state index in [-0.39, 0.29) is 12.5 Å². The van der Waals surface area contributed by atoms with Crippen LogP contribution in [0, 0.1) is 5.92 Å². The zero-order chi connectivity index (χ0) is 14.4. The quantitative estimate of drug-likeness (QED) is 0.854. The highest BCUT2D eigenvalue weighted by molar-refractivity contribution is 9.10. The van der Waals surface area contributed by atoms with E-state index in [1.54, 1.807) is 0 Å². The largest absolute Gasteiger partial charge is 0.484 e. The molecule has 0 bridgehead atoms. The van der Waals surface area contributed by atoms with E-state index in [1.807, 2.05) is 24.3 Å². The van der Waals surface area contributed by atoms with Gasteiger partial charge in [0.05, 0.1) is 0 Å². The van der Waals surface area contributed by atoms with E-state index in [0.29, 0.717) is 11.7 Å². The van der Waals surface area contributed by atoms with Gasteiger partial charge in [0.2, 0.25) is 0 Å². The van der Waals surface area contributed by atoms with Gasteiger partial charge >= 0.3 is 0 Å². The molecule has 1 aliphatic carbocycles. The molecule has 0 unspecified atom stereocenters. The first-order valence-corrected chi connectivity index (χ1v) is 7.68. The minimum absolute atomic E-state index is 0.0262. The van der Waals surface area contributed by atoms with Crippen LogP contribution in [0.1, 0.15) is 32.6 Å². The molecule has 0 spiro atoms. The van der Waals surface area contributed by atoms with Gasteiger partial charge in [-0.3, -0.25) is 4.79 Å². The number of benzene rings is 1. The van der Waals surface area contributed by atoms with Gasteiger partial charge < -0.3 is 4.74 Å². The van der Waals surface area contributed by atoms with Crippen LogP contribution in [0.5, 0.6) is 5.75 Å². The standard InChI is InChI=1S/C15H19BrN2O2/c1-11-5-2-3-8-14(11)17-18-15(19)10-20-13-7-4-6-12(16)9-13/h4,6-7,9,11H,2-3,5,8,10H2,1H3,(H,18,19)/b17-14-/t11-/m1/s1. The third-order valence-corrected chi connectivity index (χ3v) is 3.87. The van der Waals surface area contributed by atoms with Gasteiger partial charge in [0, 0.05) is 10.2 Å². The number of hydrazone groups is 1. The maximum atomic E-state index is 11.7. The highest BCUT2D eigenvalue weighted by Crippen LogP contribution is 2.20. The first-order valence-electron chi connectivity index (χ1n) is 6.89. The molecule has 20 heavy (non-hydrogen) atoms. The third-order valence-electron chi connectivity index (χ3n) is 3.38. The van der Waals surface area contributed by atoms with Crippen LogP contribution in [0.2, 0.25) is 0 Å². The summed E-state index contributed by atoms with van der Waals surface area (Å²) < 4.78 is 6.33.